The summed E-state index contributed by atoms with van der Waals surface area (Å²) >= 11 is 0. The zero-order valence-corrected chi connectivity index (χ0v) is 22.7. The maximum atomic E-state index is 13.3. The number of benzene rings is 2. The van der Waals surface area contributed by atoms with Crippen molar-refractivity contribution in [2.45, 2.75) is 96.7 Å². The Balaban J connectivity index is 1.82. The number of nitrogens with one attached hydrogen (secondary N) is 2. The molecule has 0 heterocycles. The van der Waals surface area contributed by atoms with Gasteiger partial charge in [0.15, 0.2) is 0 Å². The number of ether oxygens (including phenoxy) is 1. The highest BCUT2D eigenvalue weighted by molar-refractivity contribution is 6.02. The van der Waals surface area contributed by atoms with Crippen LogP contribution in [0.3, 0.4) is 0 Å². The van der Waals surface area contributed by atoms with Crippen LogP contribution in [-0.4, -0.2) is 48.3 Å². The van der Waals surface area contributed by atoms with Crippen LogP contribution in [0.15, 0.2) is 42.5 Å². The molecule has 0 saturated heterocycles. The van der Waals surface area contributed by atoms with Crippen LogP contribution < -0.4 is 10.6 Å². The standard InChI is InChI=1S/C31H44N2O4/c1-4-11-29(31(35)36)33-30(34)27-19-17-23(20-28(27)26-15-10-9-12-22(26)3)16-18-25(21-37-5-2)32-24-13-7-6-8-14-24/h9-10,12,15,17,19-20,24-25,29,32H,4-8,11,13-14,16,18,21H2,1-3H3,(H,33,34)(H,35,36)/t25?,29-/m0/s1. The highest BCUT2D eigenvalue weighted by atomic mass is 16.5. The van der Waals surface area contributed by atoms with E-state index in [4.69, 9.17) is 4.74 Å². The Morgan fingerprint density at radius 2 is 1.78 bits per heavy atom. The molecule has 202 valence electrons. The van der Waals surface area contributed by atoms with Crippen molar-refractivity contribution in [1.82, 2.24) is 10.6 Å². The van der Waals surface area contributed by atoms with Gasteiger partial charge in [0.05, 0.1) is 6.61 Å². The first-order valence-electron chi connectivity index (χ1n) is 14.0. The molecule has 0 aliphatic heterocycles. The van der Waals surface area contributed by atoms with E-state index in [1.165, 1.54) is 32.1 Å². The van der Waals surface area contributed by atoms with Crippen molar-refractivity contribution in [2.75, 3.05) is 13.2 Å². The number of amides is 1. The van der Waals surface area contributed by atoms with Crippen molar-refractivity contribution in [1.29, 1.82) is 0 Å². The van der Waals surface area contributed by atoms with Gasteiger partial charge in [0.25, 0.3) is 5.91 Å². The van der Waals surface area contributed by atoms with Gasteiger partial charge in [-0.3, -0.25) is 4.79 Å². The van der Waals surface area contributed by atoms with Crippen LogP contribution in [0, 0.1) is 6.92 Å². The molecule has 37 heavy (non-hydrogen) atoms. The SMILES string of the molecule is CCC[C@H](NC(=O)c1ccc(CCC(COCC)NC2CCCCC2)cc1-c1ccccc1C)C(=O)O. The molecule has 1 saturated carbocycles. The Morgan fingerprint density at radius 1 is 1.03 bits per heavy atom. The number of carbonyl (C=O) groups is 2. The van der Waals surface area contributed by atoms with E-state index >= 15 is 0 Å². The molecule has 2 atom stereocenters. The van der Waals surface area contributed by atoms with Crippen LogP contribution >= 0.6 is 0 Å². The minimum atomic E-state index is -1.00. The molecule has 1 unspecified atom stereocenters. The number of aryl methyl sites for hydroxylation is 2. The second-order valence-corrected chi connectivity index (χ2v) is 10.2. The molecule has 6 nitrogen and oxygen atoms in total. The summed E-state index contributed by atoms with van der Waals surface area (Å²) in [7, 11) is 0. The lowest BCUT2D eigenvalue weighted by Crippen LogP contribution is -2.42. The average molecular weight is 509 g/mol. The summed E-state index contributed by atoms with van der Waals surface area (Å²) in [5.41, 5.74) is 4.57. The normalized spacial score (nSPS) is 15.8. The molecule has 0 radical (unpaired) electrons. The summed E-state index contributed by atoms with van der Waals surface area (Å²) in [5, 5.41) is 16.1. The van der Waals surface area contributed by atoms with Gasteiger partial charge < -0.3 is 20.5 Å². The van der Waals surface area contributed by atoms with Gasteiger partial charge in [-0.1, -0.05) is 69.0 Å². The number of carboxylic acid groups (broad SMARTS) is 1. The second kappa shape index (κ2) is 14.9. The Hall–Kier alpha value is -2.70. The number of rotatable bonds is 14. The van der Waals surface area contributed by atoms with E-state index in [-0.39, 0.29) is 5.91 Å². The van der Waals surface area contributed by atoms with Gasteiger partial charge in [0.1, 0.15) is 6.04 Å². The van der Waals surface area contributed by atoms with Gasteiger partial charge in [-0.2, -0.15) is 0 Å². The summed E-state index contributed by atoms with van der Waals surface area (Å²) in [4.78, 5) is 24.9. The van der Waals surface area contributed by atoms with Crippen molar-refractivity contribution in [3.8, 4) is 11.1 Å². The Labute approximate surface area is 222 Å². The highest BCUT2D eigenvalue weighted by Gasteiger charge is 2.23. The van der Waals surface area contributed by atoms with E-state index in [1.54, 1.807) is 0 Å². The van der Waals surface area contributed by atoms with Crippen molar-refractivity contribution < 1.29 is 19.4 Å². The van der Waals surface area contributed by atoms with Crippen LogP contribution in [0.2, 0.25) is 0 Å². The molecule has 3 rings (SSSR count). The first kappa shape index (κ1) is 28.9. The largest absolute Gasteiger partial charge is 0.480 e. The maximum absolute atomic E-state index is 13.3. The topological polar surface area (TPSA) is 87.7 Å². The monoisotopic (exact) mass is 508 g/mol. The van der Waals surface area contributed by atoms with Crippen molar-refractivity contribution in [3.63, 3.8) is 0 Å². The van der Waals surface area contributed by atoms with Crippen LogP contribution in [0.1, 0.15) is 86.7 Å². The van der Waals surface area contributed by atoms with Gasteiger partial charge >= 0.3 is 5.97 Å². The molecule has 0 aromatic heterocycles. The van der Waals surface area contributed by atoms with E-state index in [0.717, 1.165) is 35.1 Å². The molecular formula is C31H44N2O4. The first-order valence-corrected chi connectivity index (χ1v) is 14.0. The molecule has 1 aliphatic carbocycles. The Bertz CT molecular complexity index is 1020. The number of aliphatic carboxylic acids is 1. The quantitative estimate of drug-likeness (QED) is 0.295. The number of hydrogen-bond donors (Lipinski definition) is 3. The molecule has 3 N–H and O–H groups in total. The molecule has 0 bridgehead atoms. The lowest BCUT2D eigenvalue weighted by atomic mass is 9.91. The predicted molar refractivity (Wildman–Crippen MR) is 149 cm³/mol. The summed E-state index contributed by atoms with van der Waals surface area (Å²) in [6.07, 6.45) is 9.29. The first-order chi connectivity index (χ1) is 17.9. The second-order valence-electron chi connectivity index (χ2n) is 10.2. The van der Waals surface area contributed by atoms with Crippen LogP contribution in [0.25, 0.3) is 11.1 Å². The Morgan fingerprint density at radius 3 is 2.46 bits per heavy atom. The van der Waals surface area contributed by atoms with Crippen LogP contribution in [-0.2, 0) is 16.0 Å². The summed E-state index contributed by atoms with van der Waals surface area (Å²) < 4.78 is 5.80. The van der Waals surface area contributed by atoms with E-state index in [9.17, 15) is 14.7 Å². The molecule has 2 aromatic rings. The Kier molecular flexibility index (Phi) is 11.6. The number of hydrogen-bond acceptors (Lipinski definition) is 4. The lowest BCUT2D eigenvalue weighted by molar-refractivity contribution is -0.139. The molecule has 6 heteroatoms. The van der Waals surface area contributed by atoms with E-state index in [1.807, 2.05) is 57.2 Å². The molecule has 1 fully saturated rings. The predicted octanol–water partition coefficient (Wildman–Crippen LogP) is 5.91. The van der Waals surface area contributed by atoms with Crippen LogP contribution in [0.4, 0.5) is 0 Å². The molecule has 2 aromatic carbocycles. The van der Waals surface area contributed by atoms with Crippen LogP contribution in [0.5, 0.6) is 0 Å². The van der Waals surface area contributed by atoms with Crippen molar-refractivity contribution in [3.05, 3.63) is 59.2 Å². The van der Waals surface area contributed by atoms with Gasteiger partial charge in [-0.25, -0.2) is 4.79 Å². The van der Waals surface area contributed by atoms with E-state index < -0.39 is 12.0 Å². The van der Waals surface area contributed by atoms with Gasteiger partial charge in [-0.05, 0) is 74.3 Å². The average Bonchev–Trinajstić information content (AvgIpc) is 2.90. The fourth-order valence-corrected chi connectivity index (χ4v) is 5.24. The van der Waals surface area contributed by atoms with Gasteiger partial charge in [0, 0.05) is 24.3 Å². The fraction of sp³-hybridized carbons (Fsp3) is 0.548. The molecule has 1 amide bonds. The molecular weight excluding hydrogens is 464 g/mol. The van der Waals surface area contributed by atoms with E-state index in [2.05, 4.69) is 16.7 Å². The molecule has 1 aliphatic rings. The maximum Gasteiger partial charge on any atom is 0.326 e. The smallest absolute Gasteiger partial charge is 0.326 e. The third-order valence-corrected chi connectivity index (χ3v) is 7.33. The summed E-state index contributed by atoms with van der Waals surface area (Å²) in [6.45, 7) is 7.39. The van der Waals surface area contributed by atoms with Crippen molar-refractivity contribution >= 4 is 11.9 Å². The third-order valence-electron chi connectivity index (χ3n) is 7.33. The summed E-state index contributed by atoms with van der Waals surface area (Å²) in [6, 6.07) is 13.9. The zero-order chi connectivity index (χ0) is 26.6. The zero-order valence-electron chi connectivity index (χ0n) is 22.7. The minimum absolute atomic E-state index is 0.290. The number of carboxylic acids is 1. The number of carbonyl (C=O) groups excluding carboxylic acids is 1. The summed E-state index contributed by atoms with van der Waals surface area (Å²) in [5.74, 6) is -1.35. The molecule has 0 spiro atoms. The van der Waals surface area contributed by atoms with Gasteiger partial charge in [-0.15, -0.1) is 0 Å². The van der Waals surface area contributed by atoms with Crippen molar-refractivity contribution in [2.24, 2.45) is 0 Å². The minimum Gasteiger partial charge on any atom is -0.480 e. The van der Waals surface area contributed by atoms with E-state index in [0.29, 0.717) is 43.7 Å². The third kappa shape index (κ3) is 8.68. The van der Waals surface area contributed by atoms with Gasteiger partial charge in [0.2, 0.25) is 0 Å². The fourth-order valence-electron chi connectivity index (χ4n) is 5.24. The highest BCUT2D eigenvalue weighted by Crippen LogP contribution is 2.29. The lowest BCUT2D eigenvalue weighted by Gasteiger charge is -2.28.